The molecule has 1 aliphatic rings. The summed E-state index contributed by atoms with van der Waals surface area (Å²) in [5.41, 5.74) is 4.27. The van der Waals surface area contributed by atoms with Gasteiger partial charge in [0.05, 0.1) is 4.90 Å². The monoisotopic (exact) mass is 395 g/mol. The molecule has 3 aromatic rings. The second kappa shape index (κ2) is 7.26. The highest BCUT2D eigenvalue weighted by Gasteiger charge is 2.22. The zero-order valence-electron chi connectivity index (χ0n) is 15.5. The number of fused-ring (bicyclic) bond motifs is 3. The maximum absolute atomic E-state index is 12.6. The Labute approximate surface area is 163 Å². The average Bonchev–Trinajstić information content (AvgIpc) is 3.10. The van der Waals surface area contributed by atoms with Crippen LogP contribution < -0.4 is 4.72 Å². The van der Waals surface area contributed by atoms with Crippen LogP contribution in [-0.2, 0) is 27.8 Å². The average molecular weight is 395 g/mol. The van der Waals surface area contributed by atoms with E-state index >= 15 is 0 Å². The summed E-state index contributed by atoms with van der Waals surface area (Å²) in [6.07, 6.45) is 4.06. The third-order valence-electron chi connectivity index (χ3n) is 5.07. The van der Waals surface area contributed by atoms with E-state index in [0.717, 1.165) is 17.5 Å². The SMILES string of the molecule is CNS(=O)(=O)c1ccc(/C=C/C(=O)N2CCc3[nH]c4ccccc4c3C2)cc1. The van der Waals surface area contributed by atoms with Crippen LogP contribution in [0.15, 0.2) is 59.5 Å². The van der Waals surface area contributed by atoms with Crippen molar-refractivity contribution in [2.45, 2.75) is 17.9 Å². The molecule has 2 aromatic carbocycles. The lowest BCUT2D eigenvalue weighted by Crippen LogP contribution is -2.34. The Bertz CT molecular complexity index is 1160. The molecule has 28 heavy (non-hydrogen) atoms. The summed E-state index contributed by atoms with van der Waals surface area (Å²) in [6.45, 7) is 1.25. The minimum Gasteiger partial charge on any atom is -0.358 e. The van der Waals surface area contributed by atoms with Gasteiger partial charge < -0.3 is 9.88 Å². The molecule has 1 amide bonds. The fraction of sp³-hybridized carbons (Fsp3) is 0.190. The summed E-state index contributed by atoms with van der Waals surface area (Å²) in [7, 11) is -2.08. The van der Waals surface area contributed by atoms with Gasteiger partial charge in [-0.2, -0.15) is 0 Å². The second-order valence-corrected chi connectivity index (χ2v) is 8.63. The van der Waals surface area contributed by atoms with Gasteiger partial charge in [0, 0.05) is 47.7 Å². The van der Waals surface area contributed by atoms with E-state index in [1.54, 1.807) is 24.3 Å². The van der Waals surface area contributed by atoms with Gasteiger partial charge in [-0.05, 0) is 36.9 Å². The van der Waals surface area contributed by atoms with Crippen molar-refractivity contribution in [3.63, 3.8) is 0 Å². The normalized spacial score (nSPS) is 14.5. The number of hydrogen-bond donors (Lipinski definition) is 2. The van der Waals surface area contributed by atoms with Crippen molar-refractivity contribution in [1.29, 1.82) is 0 Å². The van der Waals surface area contributed by atoms with Gasteiger partial charge in [-0.3, -0.25) is 4.79 Å². The van der Waals surface area contributed by atoms with Crippen LogP contribution in [0.5, 0.6) is 0 Å². The number of H-pyrrole nitrogens is 1. The van der Waals surface area contributed by atoms with E-state index in [1.807, 2.05) is 17.0 Å². The highest BCUT2D eigenvalue weighted by molar-refractivity contribution is 7.89. The molecule has 7 heteroatoms. The van der Waals surface area contributed by atoms with E-state index in [2.05, 4.69) is 21.8 Å². The fourth-order valence-corrected chi connectivity index (χ4v) is 4.23. The highest BCUT2D eigenvalue weighted by Crippen LogP contribution is 2.27. The molecule has 2 N–H and O–H groups in total. The number of aromatic amines is 1. The number of hydrogen-bond acceptors (Lipinski definition) is 3. The fourth-order valence-electron chi connectivity index (χ4n) is 3.50. The molecular weight excluding hydrogens is 374 g/mol. The summed E-state index contributed by atoms with van der Waals surface area (Å²) in [4.78, 5) is 18.1. The quantitative estimate of drug-likeness (QED) is 0.667. The van der Waals surface area contributed by atoms with Crippen molar-refractivity contribution in [2.75, 3.05) is 13.6 Å². The molecule has 0 unspecified atom stereocenters. The minimum absolute atomic E-state index is 0.0529. The molecule has 0 saturated heterocycles. The largest absolute Gasteiger partial charge is 0.358 e. The number of carbonyl (C=O) groups excluding carboxylic acids is 1. The van der Waals surface area contributed by atoms with Gasteiger partial charge >= 0.3 is 0 Å². The summed E-state index contributed by atoms with van der Waals surface area (Å²) in [6, 6.07) is 14.6. The maximum Gasteiger partial charge on any atom is 0.246 e. The molecule has 4 rings (SSSR count). The lowest BCUT2D eigenvalue weighted by atomic mass is 10.0. The van der Waals surface area contributed by atoms with E-state index in [-0.39, 0.29) is 10.8 Å². The molecule has 1 aromatic heterocycles. The summed E-state index contributed by atoms with van der Waals surface area (Å²) in [5.74, 6) is -0.0529. The first-order valence-corrected chi connectivity index (χ1v) is 10.6. The Morgan fingerprint density at radius 1 is 1.14 bits per heavy atom. The first kappa shape index (κ1) is 18.5. The van der Waals surface area contributed by atoms with Crippen LogP contribution in [0.1, 0.15) is 16.8 Å². The Kier molecular flexibility index (Phi) is 4.78. The van der Waals surface area contributed by atoms with Crippen molar-refractivity contribution in [3.05, 3.63) is 71.4 Å². The predicted molar refractivity (Wildman–Crippen MR) is 109 cm³/mol. The number of sulfonamides is 1. The zero-order valence-corrected chi connectivity index (χ0v) is 16.3. The molecule has 144 valence electrons. The predicted octanol–water partition coefficient (Wildman–Crippen LogP) is 2.67. The standard InChI is InChI=1S/C21H21N3O3S/c1-22-28(26,27)16-9-6-15(7-10-16)8-11-21(25)24-13-12-20-18(14-24)17-4-2-3-5-19(17)23-20/h2-11,22-23H,12-14H2,1H3/b11-8+. The van der Waals surface area contributed by atoms with Crippen molar-refractivity contribution < 1.29 is 13.2 Å². The van der Waals surface area contributed by atoms with Crippen LogP contribution in [0.3, 0.4) is 0 Å². The number of nitrogens with one attached hydrogen (secondary N) is 2. The Hall–Kier alpha value is -2.90. The third-order valence-corrected chi connectivity index (χ3v) is 6.50. The first-order chi connectivity index (χ1) is 13.5. The minimum atomic E-state index is -3.46. The Morgan fingerprint density at radius 3 is 2.64 bits per heavy atom. The van der Waals surface area contributed by atoms with Crippen molar-refractivity contribution in [1.82, 2.24) is 14.6 Å². The van der Waals surface area contributed by atoms with E-state index < -0.39 is 10.0 Å². The van der Waals surface area contributed by atoms with Gasteiger partial charge in [0.15, 0.2) is 0 Å². The Balaban J connectivity index is 1.48. The molecule has 0 fully saturated rings. The molecule has 0 bridgehead atoms. The molecule has 1 aliphatic heterocycles. The lowest BCUT2D eigenvalue weighted by Gasteiger charge is -2.26. The van der Waals surface area contributed by atoms with Gasteiger partial charge in [0.1, 0.15) is 0 Å². The van der Waals surface area contributed by atoms with Gasteiger partial charge in [0.25, 0.3) is 0 Å². The van der Waals surface area contributed by atoms with Crippen LogP contribution in [0.2, 0.25) is 0 Å². The number of aromatic nitrogens is 1. The number of carbonyl (C=O) groups is 1. The lowest BCUT2D eigenvalue weighted by molar-refractivity contribution is -0.126. The first-order valence-electron chi connectivity index (χ1n) is 9.07. The molecule has 0 aliphatic carbocycles. The molecule has 0 saturated carbocycles. The van der Waals surface area contributed by atoms with Gasteiger partial charge in [-0.1, -0.05) is 30.3 Å². The van der Waals surface area contributed by atoms with Crippen LogP contribution in [0.25, 0.3) is 17.0 Å². The van der Waals surface area contributed by atoms with E-state index in [4.69, 9.17) is 0 Å². The van der Waals surface area contributed by atoms with Crippen molar-refractivity contribution in [2.24, 2.45) is 0 Å². The van der Waals surface area contributed by atoms with Gasteiger partial charge in [0.2, 0.25) is 15.9 Å². The number of benzene rings is 2. The summed E-state index contributed by atoms with van der Waals surface area (Å²) in [5, 5.41) is 1.17. The number of nitrogens with zero attached hydrogens (tertiary/aromatic N) is 1. The van der Waals surface area contributed by atoms with Crippen LogP contribution >= 0.6 is 0 Å². The third kappa shape index (κ3) is 3.46. The van der Waals surface area contributed by atoms with Gasteiger partial charge in [-0.25, -0.2) is 13.1 Å². The van der Waals surface area contributed by atoms with E-state index in [0.29, 0.717) is 13.1 Å². The maximum atomic E-state index is 12.6. The van der Waals surface area contributed by atoms with Gasteiger partial charge in [-0.15, -0.1) is 0 Å². The molecule has 0 atom stereocenters. The van der Waals surface area contributed by atoms with Crippen molar-refractivity contribution in [3.8, 4) is 0 Å². The molecule has 0 radical (unpaired) electrons. The molecule has 2 heterocycles. The summed E-state index contributed by atoms with van der Waals surface area (Å²) >= 11 is 0. The van der Waals surface area contributed by atoms with Crippen molar-refractivity contribution >= 4 is 32.9 Å². The Morgan fingerprint density at radius 2 is 1.89 bits per heavy atom. The molecular formula is C21H21N3O3S. The number of rotatable bonds is 4. The molecule has 0 spiro atoms. The van der Waals surface area contributed by atoms with E-state index in [1.165, 1.54) is 35.8 Å². The zero-order chi connectivity index (χ0) is 19.7. The summed E-state index contributed by atoms with van der Waals surface area (Å²) < 4.78 is 25.8. The number of para-hydroxylation sites is 1. The van der Waals surface area contributed by atoms with Crippen LogP contribution in [0.4, 0.5) is 0 Å². The smallest absolute Gasteiger partial charge is 0.246 e. The van der Waals surface area contributed by atoms with Crippen LogP contribution in [-0.4, -0.2) is 37.8 Å². The topological polar surface area (TPSA) is 82.3 Å². The van der Waals surface area contributed by atoms with E-state index in [9.17, 15) is 13.2 Å². The van der Waals surface area contributed by atoms with Crippen LogP contribution in [0, 0.1) is 0 Å². The number of amides is 1. The molecule has 6 nitrogen and oxygen atoms in total. The second-order valence-electron chi connectivity index (χ2n) is 6.75. The highest BCUT2D eigenvalue weighted by atomic mass is 32.2.